The van der Waals surface area contributed by atoms with Crippen molar-refractivity contribution in [3.8, 4) is 34.5 Å². The lowest BCUT2D eigenvalue weighted by molar-refractivity contribution is -0.138. The van der Waals surface area contributed by atoms with Crippen LogP contribution in [0.3, 0.4) is 0 Å². The third kappa shape index (κ3) is 10.4. The van der Waals surface area contributed by atoms with Crippen molar-refractivity contribution >= 4 is 170 Å². The van der Waals surface area contributed by atoms with Crippen LogP contribution < -0.4 is 25.7 Å². The number of halogens is 7. The molecular weight excluding hydrogens is 1390 g/mol. The molecule has 0 aliphatic rings. The molecule has 0 saturated heterocycles. The molecule has 4 aromatic rings. The van der Waals surface area contributed by atoms with Crippen LogP contribution in [0.4, 0.5) is 0 Å². The van der Waals surface area contributed by atoms with Crippen molar-refractivity contribution in [1.29, 1.82) is 0 Å². The van der Waals surface area contributed by atoms with Gasteiger partial charge in [-0.25, -0.2) is 4.79 Å². The highest BCUT2D eigenvalue weighted by Gasteiger charge is 2.21. The first-order chi connectivity index (χ1) is 21.6. The van der Waals surface area contributed by atoms with Gasteiger partial charge in [-0.3, -0.25) is 4.79 Å². The SMILES string of the molecule is N[C@@H](Cc1cc(I)c(Oc2ccc(OC(=O)[C@@H](N)Cc3cc(I)c(Oc4cc(I)c(O)c(I)c4)c(I)c3)c(I)c2)c(I)c1)C(=O)O. The number of carbonyl (C=O) groups excluding carboxylic acids is 1. The first kappa shape index (κ1) is 39.0. The third-order valence-electron chi connectivity index (χ3n) is 6.19. The molecule has 242 valence electrons. The zero-order chi connectivity index (χ0) is 33.9. The van der Waals surface area contributed by atoms with E-state index in [1.807, 2.05) is 24.3 Å². The van der Waals surface area contributed by atoms with E-state index in [1.54, 1.807) is 30.3 Å². The number of phenols is 1. The minimum Gasteiger partial charge on any atom is -0.506 e. The predicted molar refractivity (Wildman–Crippen MR) is 233 cm³/mol. The quantitative estimate of drug-likeness (QED) is 0.0657. The summed E-state index contributed by atoms with van der Waals surface area (Å²) in [5.41, 5.74) is 13.6. The molecular formula is C30H21I7N2O7. The highest BCUT2D eigenvalue weighted by atomic mass is 127. The number of benzene rings is 4. The first-order valence-electron chi connectivity index (χ1n) is 12.9. The Hall–Kier alpha value is 0.250. The van der Waals surface area contributed by atoms with Gasteiger partial charge in [0.2, 0.25) is 0 Å². The maximum atomic E-state index is 13.0. The van der Waals surface area contributed by atoms with Gasteiger partial charge in [-0.1, -0.05) is 0 Å². The summed E-state index contributed by atoms with van der Waals surface area (Å²) in [6.45, 7) is 0. The molecule has 0 heterocycles. The molecule has 0 unspecified atom stereocenters. The summed E-state index contributed by atoms with van der Waals surface area (Å²) in [6.07, 6.45) is 0.474. The lowest BCUT2D eigenvalue weighted by atomic mass is 10.1. The fraction of sp³-hybridized carbons (Fsp3) is 0.133. The minimum absolute atomic E-state index is 0.208. The number of aromatic hydroxyl groups is 1. The molecule has 0 aliphatic carbocycles. The molecule has 0 radical (unpaired) electrons. The van der Waals surface area contributed by atoms with E-state index in [1.165, 1.54) is 0 Å². The lowest BCUT2D eigenvalue weighted by Crippen LogP contribution is -2.36. The van der Waals surface area contributed by atoms with Crippen molar-refractivity contribution in [1.82, 2.24) is 0 Å². The standard InChI is InChI=1S/C30H21I7N2O7/c31-16-9-14(44-27-19(34)3-12(4-20(27)35)7-23(38)29(41)42)1-2-25(16)46-30(43)24(39)8-13-5-21(36)28(22(37)6-13)45-15-10-17(32)26(40)18(33)11-15/h1-6,9-11,23-24,40H,7-8,38-39H2,(H,41,42)/t23-,24-/m0/s1. The molecule has 0 aromatic heterocycles. The van der Waals surface area contributed by atoms with E-state index in [2.05, 4.69) is 158 Å². The van der Waals surface area contributed by atoms with Gasteiger partial charge in [-0.15, -0.1) is 0 Å². The van der Waals surface area contributed by atoms with Gasteiger partial charge < -0.3 is 35.9 Å². The van der Waals surface area contributed by atoms with Gasteiger partial charge in [0.1, 0.15) is 35.1 Å². The Morgan fingerprint density at radius 3 is 1.52 bits per heavy atom. The fourth-order valence-corrected chi connectivity index (χ4v) is 10.5. The number of nitrogens with two attached hydrogens (primary N) is 2. The minimum atomic E-state index is -1.05. The van der Waals surface area contributed by atoms with E-state index in [9.17, 15) is 14.7 Å². The van der Waals surface area contributed by atoms with Crippen molar-refractivity contribution < 1.29 is 34.0 Å². The molecule has 16 heteroatoms. The van der Waals surface area contributed by atoms with Crippen LogP contribution in [0, 0.1) is 25.0 Å². The third-order valence-corrected chi connectivity index (χ3v) is 11.9. The second-order valence-electron chi connectivity index (χ2n) is 9.69. The summed E-state index contributed by atoms with van der Waals surface area (Å²) >= 11 is 14.9. The molecule has 2 atom stereocenters. The van der Waals surface area contributed by atoms with Crippen molar-refractivity contribution in [3.63, 3.8) is 0 Å². The second-order valence-corrected chi connectivity index (χ2v) is 17.8. The molecule has 0 fully saturated rings. The largest absolute Gasteiger partial charge is 0.506 e. The molecule has 9 nitrogen and oxygen atoms in total. The number of carboxylic acids is 1. The Morgan fingerprint density at radius 1 is 0.630 bits per heavy atom. The Morgan fingerprint density at radius 2 is 1.07 bits per heavy atom. The normalized spacial score (nSPS) is 12.4. The van der Waals surface area contributed by atoms with Gasteiger partial charge in [0, 0.05) is 0 Å². The van der Waals surface area contributed by atoms with E-state index in [0.717, 1.165) is 25.4 Å². The van der Waals surface area contributed by atoms with Crippen molar-refractivity contribution in [2.45, 2.75) is 24.9 Å². The molecule has 0 amide bonds. The number of aliphatic carboxylic acids is 1. The molecule has 4 rings (SSSR count). The molecule has 0 saturated carbocycles. The number of esters is 1. The van der Waals surface area contributed by atoms with Gasteiger partial charge in [-0.05, 0) is 237 Å². The molecule has 0 bridgehead atoms. The zero-order valence-electron chi connectivity index (χ0n) is 23.0. The van der Waals surface area contributed by atoms with Gasteiger partial charge in [-0.2, -0.15) is 0 Å². The predicted octanol–water partition coefficient (Wildman–Crippen LogP) is 8.64. The topological polar surface area (TPSA) is 154 Å². The lowest BCUT2D eigenvalue weighted by Gasteiger charge is -2.16. The first-order valence-corrected chi connectivity index (χ1v) is 20.4. The number of ether oxygens (including phenoxy) is 3. The number of carboxylic acid groups (broad SMARTS) is 1. The highest BCUT2D eigenvalue weighted by molar-refractivity contribution is 14.1. The molecule has 0 spiro atoms. The summed E-state index contributed by atoms with van der Waals surface area (Å²) in [4.78, 5) is 24.1. The summed E-state index contributed by atoms with van der Waals surface area (Å²) in [6, 6.07) is 14.3. The van der Waals surface area contributed by atoms with Crippen LogP contribution in [0.2, 0.25) is 0 Å². The van der Waals surface area contributed by atoms with Gasteiger partial charge in [0.05, 0.1) is 25.0 Å². The van der Waals surface area contributed by atoms with E-state index >= 15 is 0 Å². The zero-order valence-corrected chi connectivity index (χ0v) is 38.1. The molecule has 4 aromatic carbocycles. The van der Waals surface area contributed by atoms with Crippen molar-refractivity contribution in [2.24, 2.45) is 11.5 Å². The Balaban J connectivity index is 1.40. The number of hydrogen-bond acceptors (Lipinski definition) is 8. The Kier molecular flexibility index (Phi) is 14.8. The van der Waals surface area contributed by atoms with Gasteiger partial charge in [0.25, 0.3) is 0 Å². The highest BCUT2D eigenvalue weighted by Crippen LogP contribution is 2.38. The second kappa shape index (κ2) is 17.5. The maximum absolute atomic E-state index is 13.0. The van der Waals surface area contributed by atoms with Crippen molar-refractivity contribution in [2.75, 3.05) is 0 Å². The summed E-state index contributed by atoms with van der Waals surface area (Å²) in [5, 5.41) is 19.2. The van der Waals surface area contributed by atoms with Crippen LogP contribution in [-0.4, -0.2) is 34.2 Å². The van der Waals surface area contributed by atoms with Crippen LogP contribution in [0.5, 0.6) is 34.5 Å². The number of phenolic OH excluding ortho intramolecular Hbond substituents is 1. The Bertz CT molecular complexity index is 1750. The average molecular weight is 1410 g/mol. The van der Waals surface area contributed by atoms with E-state index in [-0.39, 0.29) is 18.6 Å². The number of rotatable bonds is 11. The molecule has 0 aliphatic heterocycles. The van der Waals surface area contributed by atoms with E-state index in [4.69, 9.17) is 30.8 Å². The Labute approximate surface area is 360 Å². The van der Waals surface area contributed by atoms with E-state index in [0.29, 0.717) is 39.5 Å². The van der Waals surface area contributed by atoms with Crippen molar-refractivity contribution in [3.05, 3.63) is 90.7 Å². The number of carbonyl (C=O) groups is 2. The van der Waals surface area contributed by atoms with E-state index < -0.39 is 24.0 Å². The van der Waals surface area contributed by atoms with Crippen LogP contribution in [0.25, 0.3) is 0 Å². The average Bonchev–Trinajstić information content (AvgIpc) is 2.96. The van der Waals surface area contributed by atoms with Gasteiger partial charge in [0.15, 0.2) is 11.5 Å². The molecule has 6 N–H and O–H groups in total. The summed E-state index contributed by atoms with van der Waals surface area (Å²) in [7, 11) is 0. The fourth-order valence-electron chi connectivity index (χ4n) is 3.98. The smallest absolute Gasteiger partial charge is 0.328 e. The monoisotopic (exact) mass is 1410 g/mol. The van der Waals surface area contributed by atoms with Crippen LogP contribution in [-0.2, 0) is 22.4 Å². The van der Waals surface area contributed by atoms with Crippen LogP contribution in [0.1, 0.15) is 11.1 Å². The summed E-state index contributed by atoms with van der Waals surface area (Å²) < 4.78 is 23.3. The molecule has 46 heavy (non-hydrogen) atoms. The van der Waals surface area contributed by atoms with Crippen LogP contribution in [0.15, 0.2) is 54.6 Å². The maximum Gasteiger partial charge on any atom is 0.328 e. The number of hydrogen-bond donors (Lipinski definition) is 4. The van der Waals surface area contributed by atoms with Gasteiger partial charge >= 0.3 is 11.9 Å². The van der Waals surface area contributed by atoms with Crippen LogP contribution >= 0.6 is 158 Å². The summed E-state index contributed by atoms with van der Waals surface area (Å²) in [5.74, 6) is 1.43.